The van der Waals surface area contributed by atoms with Crippen LogP contribution in [0.25, 0.3) is 11.1 Å². The molecule has 2 aromatic carbocycles. The Hall–Kier alpha value is -2.21. The van der Waals surface area contributed by atoms with Crippen molar-refractivity contribution in [3.63, 3.8) is 0 Å². The number of thiol groups is 1. The Bertz CT molecular complexity index is 1050. The topological polar surface area (TPSA) is 44.4 Å². The average molecular weight is 357 g/mol. The zero-order valence-electron chi connectivity index (χ0n) is 13.4. The van der Waals surface area contributed by atoms with Crippen LogP contribution in [0.15, 0.2) is 50.5 Å². The van der Waals surface area contributed by atoms with Crippen LogP contribution in [0.3, 0.4) is 0 Å². The number of fused-ring (bicyclic) bond motifs is 2. The second kappa shape index (κ2) is 5.14. The maximum Gasteiger partial charge on any atom is 0.420 e. The van der Waals surface area contributed by atoms with E-state index in [4.69, 9.17) is 9.15 Å². The highest BCUT2D eigenvalue weighted by atomic mass is 32.1. The van der Waals surface area contributed by atoms with Crippen LogP contribution in [0.4, 0.5) is 4.39 Å². The van der Waals surface area contributed by atoms with E-state index < -0.39 is 11.6 Å². The summed E-state index contributed by atoms with van der Waals surface area (Å²) in [7, 11) is 0. The number of rotatable bonds is 1. The Morgan fingerprint density at radius 3 is 2.80 bits per heavy atom. The fraction of sp³-hybridized carbons (Fsp3) is 0.316. The minimum Gasteiger partial charge on any atom is -0.487 e. The van der Waals surface area contributed by atoms with Gasteiger partial charge < -0.3 is 9.15 Å². The predicted octanol–water partition coefficient (Wildman–Crippen LogP) is 4.32. The summed E-state index contributed by atoms with van der Waals surface area (Å²) in [5.74, 6) is -0.153. The first kappa shape index (κ1) is 15.1. The van der Waals surface area contributed by atoms with Crippen LogP contribution < -0.4 is 10.5 Å². The van der Waals surface area contributed by atoms with Gasteiger partial charge in [0.1, 0.15) is 17.2 Å². The number of oxazole rings is 1. The van der Waals surface area contributed by atoms with E-state index in [0.29, 0.717) is 17.5 Å². The molecule has 1 saturated carbocycles. The maximum absolute atomic E-state index is 14.1. The van der Waals surface area contributed by atoms with Crippen LogP contribution in [0.2, 0.25) is 0 Å². The molecule has 2 aliphatic rings. The molecule has 1 atom stereocenters. The van der Waals surface area contributed by atoms with Crippen LogP contribution in [0.5, 0.6) is 5.75 Å². The number of para-hydroxylation sites is 1. The highest BCUT2D eigenvalue weighted by Crippen LogP contribution is 2.50. The molecule has 0 amide bonds. The summed E-state index contributed by atoms with van der Waals surface area (Å²) in [6.45, 7) is 0. The molecule has 1 aromatic heterocycles. The lowest BCUT2D eigenvalue weighted by Gasteiger charge is -2.47. The van der Waals surface area contributed by atoms with Gasteiger partial charge in [-0.1, -0.05) is 18.2 Å². The first-order chi connectivity index (χ1) is 12.1. The normalized spacial score (nSPS) is 21.0. The van der Waals surface area contributed by atoms with Crippen molar-refractivity contribution in [3.8, 4) is 5.75 Å². The third-order valence-electron chi connectivity index (χ3n) is 5.43. The second-order valence-electron chi connectivity index (χ2n) is 6.91. The molecule has 1 spiro atoms. The number of hydrogen-bond donors (Lipinski definition) is 1. The van der Waals surface area contributed by atoms with Crippen molar-refractivity contribution in [1.29, 1.82) is 0 Å². The monoisotopic (exact) mass is 357 g/mol. The third-order valence-corrected chi connectivity index (χ3v) is 5.77. The Labute approximate surface area is 148 Å². The van der Waals surface area contributed by atoms with Gasteiger partial charge in [0.25, 0.3) is 0 Å². The highest BCUT2D eigenvalue weighted by Gasteiger charge is 2.46. The maximum atomic E-state index is 14.1. The van der Waals surface area contributed by atoms with Gasteiger partial charge in [0.15, 0.2) is 5.58 Å². The van der Waals surface area contributed by atoms with Crippen LogP contribution in [0, 0.1) is 5.82 Å². The van der Waals surface area contributed by atoms with E-state index in [0.717, 1.165) is 30.6 Å². The summed E-state index contributed by atoms with van der Waals surface area (Å²) >= 11 is 4.07. The van der Waals surface area contributed by atoms with Gasteiger partial charge >= 0.3 is 5.76 Å². The summed E-state index contributed by atoms with van der Waals surface area (Å²) in [6.07, 6.45) is 3.74. The van der Waals surface area contributed by atoms with Crippen LogP contribution in [0.1, 0.15) is 37.3 Å². The molecular weight excluding hydrogens is 341 g/mol. The molecule has 1 fully saturated rings. The lowest BCUT2D eigenvalue weighted by Crippen LogP contribution is -2.48. The largest absolute Gasteiger partial charge is 0.487 e. The van der Waals surface area contributed by atoms with Crippen molar-refractivity contribution in [2.45, 2.75) is 42.2 Å². The van der Waals surface area contributed by atoms with Crippen molar-refractivity contribution in [2.75, 3.05) is 0 Å². The second-order valence-corrected chi connectivity index (χ2v) is 7.39. The van der Waals surface area contributed by atoms with Gasteiger partial charge in [-0.25, -0.2) is 9.18 Å². The first-order valence-electron chi connectivity index (χ1n) is 8.38. The molecule has 0 saturated heterocycles. The van der Waals surface area contributed by atoms with Crippen molar-refractivity contribution < 1.29 is 13.5 Å². The van der Waals surface area contributed by atoms with E-state index in [1.54, 1.807) is 4.57 Å². The third kappa shape index (κ3) is 2.16. The number of hydrogen-bond acceptors (Lipinski definition) is 4. The fourth-order valence-corrected chi connectivity index (χ4v) is 4.21. The lowest BCUT2D eigenvalue weighted by molar-refractivity contribution is -0.0365. The van der Waals surface area contributed by atoms with Gasteiger partial charge in [0, 0.05) is 22.9 Å². The quantitative estimate of drug-likeness (QED) is 0.660. The van der Waals surface area contributed by atoms with Gasteiger partial charge in [-0.3, -0.25) is 4.57 Å². The summed E-state index contributed by atoms with van der Waals surface area (Å²) < 4.78 is 27.3. The first-order valence-corrected chi connectivity index (χ1v) is 8.83. The fourth-order valence-electron chi connectivity index (χ4n) is 4.03. The minimum absolute atomic E-state index is 0.163. The molecule has 0 N–H and O–H groups in total. The number of nitrogens with zero attached hydrogens (tertiary/aromatic N) is 1. The number of benzene rings is 2. The van der Waals surface area contributed by atoms with Gasteiger partial charge in [0.2, 0.25) is 0 Å². The predicted molar refractivity (Wildman–Crippen MR) is 94.1 cm³/mol. The Balaban J connectivity index is 1.75. The van der Waals surface area contributed by atoms with E-state index in [1.807, 2.05) is 24.3 Å². The van der Waals surface area contributed by atoms with E-state index in [9.17, 15) is 9.18 Å². The van der Waals surface area contributed by atoms with Crippen LogP contribution >= 0.6 is 12.6 Å². The molecule has 6 heteroatoms. The van der Waals surface area contributed by atoms with Gasteiger partial charge in [-0.2, -0.15) is 0 Å². The average Bonchev–Trinajstić information content (AvgIpc) is 2.88. The van der Waals surface area contributed by atoms with Gasteiger partial charge in [0.05, 0.1) is 11.6 Å². The van der Waals surface area contributed by atoms with Crippen molar-refractivity contribution in [3.05, 3.63) is 58.3 Å². The van der Waals surface area contributed by atoms with Gasteiger partial charge in [-0.05, 0) is 31.4 Å². The summed E-state index contributed by atoms with van der Waals surface area (Å²) in [4.78, 5) is 12.8. The zero-order chi connectivity index (χ0) is 17.2. The van der Waals surface area contributed by atoms with E-state index >= 15 is 0 Å². The molecule has 128 valence electrons. The van der Waals surface area contributed by atoms with Crippen molar-refractivity contribution in [2.24, 2.45) is 0 Å². The van der Waals surface area contributed by atoms with E-state index in [2.05, 4.69) is 12.6 Å². The summed E-state index contributed by atoms with van der Waals surface area (Å²) in [5.41, 5.74) is 1.50. The molecule has 0 radical (unpaired) electrons. The molecular formula is C19H16FNO3S. The molecule has 0 unspecified atom stereocenters. The van der Waals surface area contributed by atoms with E-state index in [1.165, 1.54) is 12.1 Å². The van der Waals surface area contributed by atoms with Crippen molar-refractivity contribution in [1.82, 2.24) is 4.57 Å². The van der Waals surface area contributed by atoms with Crippen LogP contribution in [-0.4, -0.2) is 10.2 Å². The lowest BCUT2D eigenvalue weighted by atomic mass is 9.73. The summed E-state index contributed by atoms with van der Waals surface area (Å²) in [6, 6.07) is 10.3. The molecule has 0 bridgehead atoms. The Kier molecular flexibility index (Phi) is 3.10. The number of ether oxygens (including phenoxy) is 1. The molecule has 2 heterocycles. The minimum atomic E-state index is -0.482. The Morgan fingerprint density at radius 2 is 2.04 bits per heavy atom. The number of halogens is 1. The molecule has 3 aromatic rings. The van der Waals surface area contributed by atoms with Crippen LogP contribution in [-0.2, 0) is 0 Å². The summed E-state index contributed by atoms with van der Waals surface area (Å²) in [5, 5.41) is 0. The molecule has 4 nitrogen and oxygen atoms in total. The highest BCUT2D eigenvalue weighted by molar-refractivity contribution is 7.80. The SMILES string of the molecule is O=c1oc2cc(S)c(F)cc2n1[C@H]1CC2(CCC2)Oc2ccccc21. The molecule has 1 aliphatic heterocycles. The molecule has 25 heavy (non-hydrogen) atoms. The number of aromatic nitrogens is 1. The van der Waals surface area contributed by atoms with Crippen molar-refractivity contribution >= 4 is 23.7 Å². The smallest absolute Gasteiger partial charge is 0.420 e. The molecule has 5 rings (SSSR count). The van der Waals surface area contributed by atoms with Gasteiger partial charge in [-0.15, -0.1) is 12.6 Å². The van der Waals surface area contributed by atoms with E-state index in [-0.39, 0.29) is 16.5 Å². The zero-order valence-corrected chi connectivity index (χ0v) is 14.3. The molecule has 1 aliphatic carbocycles. The standard InChI is InChI=1S/C19H16FNO3S/c20-12-8-13-16(9-17(12)25)23-18(22)21(13)14-10-19(6-3-7-19)24-15-5-2-1-4-11(14)15/h1-2,4-5,8-9,14,25H,3,6-7,10H2/t14-/m0/s1. The Morgan fingerprint density at radius 1 is 1.24 bits per heavy atom.